The summed E-state index contributed by atoms with van der Waals surface area (Å²) in [7, 11) is 3.60. The molecule has 3 aromatic heterocycles. The number of anilines is 3. The molecule has 3 N–H and O–H groups in total. The Balaban J connectivity index is 1.23. The summed E-state index contributed by atoms with van der Waals surface area (Å²) >= 11 is -0.320. The number of nitrogens with one attached hydrogen (secondary N) is 3. The minimum absolute atomic E-state index is 0.0255. The van der Waals surface area contributed by atoms with Crippen molar-refractivity contribution in [2.24, 2.45) is 0 Å². The highest BCUT2D eigenvalue weighted by Gasteiger charge is 2.34. The standard InChI is InChI=1S/C28H28F4N8O3S/c1-38-9-7-18(17(29)13-38)34-19-4-3-8-40-22(19)11-16(27(40)44-28(30,31)32)25-36-24(43-37-25)12-33-26(42)15-5-6-21-20(10-15)35-23(41)14-39(21)2/h3-6,8,10-11,17-18,34H,7,9,12-14H2,1-2H3,(H,33,42)(H,35,41)/t17-,18+/m0/s1. The van der Waals surface area contributed by atoms with E-state index in [2.05, 4.69) is 26.1 Å². The van der Waals surface area contributed by atoms with Crippen LogP contribution in [0.15, 0.2) is 52.1 Å². The van der Waals surface area contributed by atoms with Crippen molar-refractivity contribution in [1.82, 2.24) is 24.8 Å². The Morgan fingerprint density at radius 1 is 1.23 bits per heavy atom. The average Bonchev–Trinajstić information content (AvgIpc) is 3.57. The van der Waals surface area contributed by atoms with Crippen LogP contribution in [0.1, 0.15) is 22.7 Å². The molecule has 0 radical (unpaired) electrons. The maximum atomic E-state index is 14.8. The minimum Gasteiger partial charge on any atom is -0.378 e. The van der Waals surface area contributed by atoms with Crippen molar-refractivity contribution in [3.63, 3.8) is 0 Å². The van der Waals surface area contributed by atoms with Crippen LogP contribution in [-0.4, -0.2) is 82.7 Å². The molecule has 0 bridgehead atoms. The fraction of sp³-hybridized carbons (Fsp3) is 0.357. The Kier molecular flexibility index (Phi) is 7.88. The largest absolute Gasteiger partial charge is 0.447 e. The van der Waals surface area contributed by atoms with Gasteiger partial charge in [-0.15, -0.1) is 0 Å². The second-order valence-corrected chi connectivity index (χ2v) is 11.8. The number of benzene rings is 1. The molecule has 2 aliphatic heterocycles. The number of aromatic nitrogens is 3. The molecule has 16 heteroatoms. The first kappa shape index (κ1) is 29.7. The lowest BCUT2D eigenvalue weighted by Crippen LogP contribution is -2.46. The lowest BCUT2D eigenvalue weighted by Gasteiger charge is -2.33. The molecule has 2 aliphatic rings. The first-order valence-electron chi connectivity index (χ1n) is 13.7. The Morgan fingerprint density at radius 3 is 2.82 bits per heavy atom. The van der Waals surface area contributed by atoms with E-state index in [4.69, 9.17) is 4.52 Å². The van der Waals surface area contributed by atoms with Gasteiger partial charge in [0.2, 0.25) is 17.6 Å². The number of amides is 2. The van der Waals surface area contributed by atoms with Crippen LogP contribution in [0.5, 0.6) is 0 Å². The number of carbonyl (C=O) groups is 2. The third-order valence-corrected chi connectivity index (χ3v) is 8.34. The fourth-order valence-electron chi connectivity index (χ4n) is 5.38. The number of alkyl halides is 4. The maximum Gasteiger partial charge on any atom is 0.447 e. The predicted octanol–water partition coefficient (Wildman–Crippen LogP) is 4.37. The molecule has 1 fully saturated rings. The van der Waals surface area contributed by atoms with Gasteiger partial charge >= 0.3 is 5.51 Å². The lowest BCUT2D eigenvalue weighted by atomic mass is 10.0. The normalized spacial score (nSPS) is 19.1. The van der Waals surface area contributed by atoms with E-state index in [0.717, 1.165) is 5.69 Å². The van der Waals surface area contributed by atoms with Crippen molar-refractivity contribution in [3.05, 3.63) is 54.0 Å². The van der Waals surface area contributed by atoms with Crippen molar-refractivity contribution in [3.8, 4) is 11.4 Å². The summed E-state index contributed by atoms with van der Waals surface area (Å²) in [4.78, 5) is 32.6. The van der Waals surface area contributed by atoms with Gasteiger partial charge in [-0.2, -0.15) is 18.2 Å². The zero-order chi connectivity index (χ0) is 31.2. The van der Waals surface area contributed by atoms with Crippen LogP contribution in [0.25, 0.3) is 16.9 Å². The molecule has 44 heavy (non-hydrogen) atoms. The number of hydrogen-bond donors (Lipinski definition) is 3. The molecule has 11 nitrogen and oxygen atoms in total. The minimum atomic E-state index is -4.62. The molecule has 232 valence electrons. The summed E-state index contributed by atoms with van der Waals surface area (Å²) in [6.07, 6.45) is 0.872. The number of fused-ring (bicyclic) bond motifs is 2. The van der Waals surface area contributed by atoms with E-state index in [1.807, 2.05) is 11.9 Å². The zero-order valence-corrected chi connectivity index (χ0v) is 24.4. The molecule has 1 saturated heterocycles. The van der Waals surface area contributed by atoms with Crippen LogP contribution >= 0.6 is 11.8 Å². The SMILES string of the molecule is CN1CC[C@@H](Nc2cccn3c(SC(F)(F)F)c(-c4noc(CNC(=O)c5ccc6c(c5)NC(=O)CN6C)n4)cc23)[C@@H](F)C1. The maximum absolute atomic E-state index is 14.8. The molecule has 6 rings (SSSR count). The van der Waals surface area contributed by atoms with E-state index in [9.17, 15) is 27.2 Å². The van der Waals surface area contributed by atoms with Crippen molar-refractivity contribution in [1.29, 1.82) is 0 Å². The molecule has 0 saturated carbocycles. The third-order valence-electron chi connectivity index (χ3n) is 7.50. The Hall–Kier alpha value is -4.31. The van der Waals surface area contributed by atoms with Crippen LogP contribution < -0.4 is 20.9 Å². The lowest BCUT2D eigenvalue weighted by molar-refractivity contribution is -0.115. The quantitative estimate of drug-likeness (QED) is 0.202. The van der Waals surface area contributed by atoms with Crippen LogP contribution in [0.4, 0.5) is 34.6 Å². The number of carbonyl (C=O) groups excluding carboxylic acids is 2. The molecule has 4 aromatic rings. The highest BCUT2D eigenvalue weighted by atomic mass is 32.2. The summed E-state index contributed by atoms with van der Waals surface area (Å²) in [5, 5.41) is 12.3. The first-order chi connectivity index (χ1) is 20.9. The molecule has 2 amide bonds. The van der Waals surface area contributed by atoms with E-state index in [1.165, 1.54) is 16.7 Å². The number of likely N-dealkylation sites (tertiary alicyclic amines) is 1. The van der Waals surface area contributed by atoms with Gasteiger partial charge in [-0.05, 0) is 49.9 Å². The highest BCUT2D eigenvalue weighted by Crippen LogP contribution is 2.44. The molecule has 5 heterocycles. The highest BCUT2D eigenvalue weighted by molar-refractivity contribution is 8.00. The summed E-state index contributed by atoms with van der Waals surface area (Å²) in [6, 6.07) is 9.16. The van der Waals surface area contributed by atoms with Crippen LogP contribution in [0, 0.1) is 0 Å². The van der Waals surface area contributed by atoms with Crippen LogP contribution in [-0.2, 0) is 11.3 Å². The van der Waals surface area contributed by atoms with Crippen molar-refractivity contribution >= 4 is 46.2 Å². The molecular formula is C28H28F4N8O3S. The number of thioether (sulfide) groups is 1. The van der Waals surface area contributed by atoms with Crippen LogP contribution in [0.3, 0.4) is 0 Å². The molecule has 1 aromatic carbocycles. The Morgan fingerprint density at radius 2 is 2.05 bits per heavy atom. The summed E-state index contributed by atoms with van der Waals surface area (Å²) in [6.45, 7) is 0.952. The van der Waals surface area contributed by atoms with Crippen LogP contribution in [0.2, 0.25) is 0 Å². The van der Waals surface area contributed by atoms with E-state index in [-0.39, 0.29) is 65.2 Å². The molecule has 0 unspecified atom stereocenters. The first-order valence-corrected chi connectivity index (χ1v) is 14.5. The topological polar surface area (TPSA) is 120 Å². The van der Waals surface area contributed by atoms with Gasteiger partial charge in [-0.25, -0.2) is 4.39 Å². The van der Waals surface area contributed by atoms with Gasteiger partial charge in [-0.3, -0.25) is 9.59 Å². The molecule has 0 aliphatic carbocycles. The second kappa shape index (κ2) is 11.6. The number of piperidine rings is 1. The van der Waals surface area contributed by atoms with Gasteiger partial charge in [0, 0.05) is 43.7 Å². The Labute approximate surface area is 252 Å². The number of likely N-dealkylation sites (N-methyl/N-ethyl adjacent to an activating group) is 1. The molecular weight excluding hydrogens is 604 g/mol. The van der Waals surface area contributed by atoms with E-state index < -0.39 is 23.6 Å². The number of halogens is 4. The fourth-order valence-corrected chi connectivity index (χ4v) is 6.12. The van der Waals surface area contributed by atoms with Gasteiger partial charge in [0.05, 0.1) is 52.3 Å². The smallest absolute Gasteiger partial charge is 0.378 e. The van der Waals surface area contributed by atoms with E-state index in [0.29, 0.717) is 29.9 Å². The Bertz CT molecular complexity index is 1720. The average molecular weight is 633 g/mol. The number of rotatable bonds is 7. The third kappa shape index (κ3) is 6.17. The zero-order valence-electron chi connectivity index (χ0n) is 23.6. The van der Waals surface area contributed by atoms with E-state index >= 15 is 0 Å². The summed E-state index contributed by atoms with van der Waals surface area (Å²) < 4.78 is 62.4. The van der Waals surface area contributed by atoms with E-state index in [1.54, 1.807) is 42.3 Å². The van der Waals surface area contributed by atoms with Gasteiger partial charge in [0.1, 0.15) is 6.17 Å². The van der Waals surface area contributed by atoms with Gasteiger partial charge in [-0.1, -0.05) is 5.16 Å². The van der Waals surface area contributed by atoms with Crippen molar-refractivity contribution in [2.75, 3.05) is 49.3 Å². The molecule has 0 spiro atoms. The monoisotopic (exact) mass is 632 g/mol. The number of hydrogen-bond acceptors (Lipinski definition) is 9. The number of nitrogens with zero attached hydrogens (tertiary/aromatic N) is 5. The second-order valence-electron chi connectivity index (χ2n) is 10.7. The van der Waals surface area contributed by atoms with Gasteiger partial charge in [0.25, 0.3) is 5.91 Å². The van der Waals surface area contributed by atoms with Crippen molar-refractivity contribution < 1.29 is 31.7 Å². The van der Waals surface area contributed by atoms with Gasteiger partial charge in [0.15, 0.2) is 0 Å². The predicted molar refractivity (Wildman–Crippen MR) is 157 cm³/mol. The number of pyridine rings is 1. The summed E-state index contributed by atoms with van der Waals surface area (Å²) in [5.74, 6) is -0.803. The summed E-state index contributed by atoms with van der Waals surface area (Å²) in [5.41, 5.74) is -2.13. The van der Waals surface area contributed by atoms with Crippen molar-refractivity contribution in [2.45, 2.75) is 35.7 Å². The molecule has 2 atom stereocenters. The van der Waals surface area contributed by atoms with Gasteiger partial charge < -0.3 is 34.7 Å².